The van der Waals surface area contributed by atoms with E-state index in [9.17, 15) is 19.2 Å². The highest BCUT2D eigenvalue weighted by Gasteiger charge is 2.74. The van der Waals surface area contributed by atoms with Gasteiger partial charge in [-0.3, -0.25) is 33.7 Å². The van der Waals surface area contributed by atoms with Crippen molar-refractivity contribution < 1.29 is 28.7 Å². The highest BCUT2D eigenvalue weighted by atomic mass is 16.8. The van der Waals surface area contributed by atoms with E-state index in [-0.39, 0.29) is 30.2 Å². The van der Waals surface area contributed by atoms with Crippen LogP contribution >= 0.6 is 0 Å². The minimum atomic E-state index is -1.83. The number of hydrogen-bond acceptors (Lipinski definition) is 7. The first kappa shape index (κ1) is 28.1. The van der Waals surface area contributed by atoms with Crippen molar-refractivity contribution in [2.24, 2.45) is 17.8 Å². The number of ether oxygens (including phenoxy) is 2. The van der Waals surface area contributed by atoms with Gasteiger partial charge in [-0.1, -0.05) is 45.9 Å². The monoisotopic (exact) mass is 589 g/mol. The largest absolute Gasteiger partial charge is 0.414 e. The molecule has 11 nitrogen and oxygen atoms in total. The molecule has 1 aromatic heterocycles. The van der Waals surface area contributed by atoms with Crippen LogP contribution in [-0.4, -0.2) is 93.8 Å². The first-order valence-corrected chi connectivity index (χ1v) is 15.3. The molecule has 3 amide bonds. The van der Waals surface area contributed by atoms with Crippen LogP contribution in [0.15, 0.2) is 30.5 Å². The molecule has 0 spiro atoms. The number of aromatic nitrogens is 1. The van der Waals surface area contributed by atoms with Crippen molar-refractivity contribution in [3.63, 3.8) is 0 Å². The summed E-state index contributed by atoms with van der Waals surface area (Å²) < 4.78 is 12.4. The zero-order chi connectivity index (χ0) is 30.4. The lowest BCUT2D eigenvalue weighted by Gasteiger charge is -2.50. The molecule has 11 heteroatoms. The van der Waals surface area contributed by atoms with Crippen molar-refractivity contribution in [1.29, 1.82) is 0 Å². The summed E-state index contributed by atoms with van der Waals surface area (Å²) in [5.74, 6) is -4.32. The molecule has 228 valence electrons. The summed E-state index contributed by atoms with van der Waals surface area (Å²) in [6, 6.07) is 4.74. The standard InChI is InChI=1S/C32H39N5O6/c1-17(2)27-29(40)36-11-7-10-25(36)32(42-16-38)37(27)30(41)31(43-32,18(3)4)34-28(39)20-12-22-21-8-6-9-23-26(21)19(14-33-23)13-24(22)35(5)15-20/h6,8-9,12,14,16-18,20,24-25,27,33H,7,10-11,13,15H2,1-5H3,(H,34,39)/t20-,24-,25+,27+,31-,32-/m1/s1. The molecule has 1 aromatic carbocycles. The molecule has 3 fully saturated rings. The van der Waals surface area contributed by atoms with Crippen molar-refractivity contribution in [2.45, 2.75) is 76.7 Å². The smallest absolute Gasteiger partial charge is 0.324 e. The van der Waals surface area contributed by atoms with Gasteiger partial charge in [0.15, 0.2) is 0 Å². The number of carbonyl (C=O) groups excluding carboxylic acids is 4. The maximum absolute atomic E-state index is 14.6. The fraction of sp³-hybridized carbons (Fsp3) is 0.562. The lowest BCUT2D eigenvalue weighted by atomic mass is 9.79. The Labute approximate surface area is 250 Å². The average Bonchev–Trinajstić information content (AvgIpc) is 3.68. The van der Waals surface area contributed by atoms with Crippen LogP contribution in [0.2, 0.25) is 0 Å². The number of amides is 3. The Morgan fingerprint density at radius 3 is 2.74 bits per heavy atom. The molecule has 43 heavy (non-hydrogen) atoms. The van der Waals surface area contributed by atoms with Gasteiger partial charge in [-0.15, -0.1) is 0 Å². The maximum atomic E-state index is 14.6. The van der Waals surface area contributed by atoms with Crippen molar-refractivity contribution >= 4 is 40.7 Å². The van der Waals surface area contributed by atoms with E-state index in [0.29, 0.717) is 25.9 Å². The minimum Gasteiger partial charge on any atom is -0.414 e. The van der Waals surface area contributed by atoms with E-state index >= 15 is 0 Å². The summed E-state index contributed by atoms with van der Waals surface area (Å²) in [4.78, 5) is 63.0. The van der Waals surface area contributed by atoms with Crippen LogP contribution < -0.4 is 5.32 Å². The van der Waals surface area contributed by atoms with Crippen LogP contribution in [0.25, 0.3) is 16.5 Å². The van der Waals surface area contributed by atoms with Gasteiger partial charge >= 0.3 is 5.91 Å². The van der Waals surface area contributed by atoms with E-state index in [1.54, 1.807) is 18.7 Å². The lowest BCUT2D eigenvalue weighted by molar-refractivity contribution is -0.324. The van der Waals surface area contributed by atoms with E-state index in [1.807, 2.05) is 33.0 Å². The van der Waals surface area contributed by atoms with Crippen LogP contribution in [0.1, 0.15) is 51.7 Å². The first-order valence-electron chi connectivity index (χ1n) is 15.3. The zero-order valence-corrected chi connectivity index (χ0v) is 25.3. The third kappa shape index (κ3) is 3.73. The quantitative estimate of drug-likeness (QED) is 0.496. The van der Waals surface area contributed by atoms with Gasteiger partial charge in [-0.05, 0) is 55.0 Å². The highest BCUT2D eigenvalue weighted by Crippen LogP contribution is 2.50. The second-order valence-electron chi connectivity index (χ2n) is 13.3. The Morgan fingerprint density at radius 1 is 1.23 bits per heavy atom. The molecule has 5 aliphatic rings. The summed E-state index contributed by atoms with van der Waals surface area (Å²) in [6.45, 7) is 8.52. The SMILES string of the molecule is CC(C)[C@H]1C(=O)N2CCC[C@H]2[C@@]2(OC=O)O[C@](NC(=O)[C@@H]3C=C4c5cccc6[nH]cc(c56)C[C@H]4N(C)C3)(C(C)C)C(=O)N12. The number of nitrogens with one attached hydrogen (secondary N) is 2. The number of carbonyl (C=O) groups is 4. The second kappa shape index (κ2) is 9.65. The summed E-state index contributed by atoms with van der Waals surface area (Å²) in [5, 5.41) is 4.19. The molecule has 0 radical (unpaired) electrons. The van der Waals surface area contributed by atoms with Gasteiger partial charge in [0.1, 0.15) is 12.1 Å². The molecule has 6 atom stereocenters. The van der Waals surface area contributed by atoms with Crippen molar-refractivity contribution in [1.82, 2.24) is 25.0 Å². The molecule has 2 aromatic rings. The zero-order valence-electron chi connectivity index (χ0n) is 25.3. The summed E-state index contributed by atoms with van der Waals surface area (Å²) in [6.07, 6.45) is 6.14. The fourth-order valence-corrected chi connectivity index (χ4v) is 8.17. The van der Waals surface area contributed by atoms with Crippen molar-refractivity contribution in [3.8, 4) is 0 Å². The van der Waals surface area contributed by atoms with E-state index < -0.39 is 41.5 Å². The van der Waals surface area contributed by atoms with Crippen LogP contribution in [0.4, 0.5) is 0 Å². The maximum Gasteiger partial charge on any atom is 0.324 e. The van der Waals surface area contributed by atoms with Crippen LogP contribution in [0.3, 0.4) is 0 Å². The number of nitrogens with zero attached hydrogens (tertiary/aromatic N) is 3. The molecular formula is C32H39N5O6. The Bertz CT molecular complexity index is 1560. The average molecular weight is 590 g/mol. The predicted octanol–water partition coefficient (Wildman–Crippen LogP) is 2.22. The molecule has 5 heterocycles. The number of aromatic amines is 1. The minimum absolute atomic E-state index is 0.130. The molecule has 4 aliphatic heterocycles. The topological polar surface area (TPSA) is 124 Å². The van der Waals surface area contributed by atoms with Gasteiger partial charge in [0.25, 0.3) is 12.4 Å². The molecule has 7 rings (SSSR count). The number of likely N-dealkylation sites (N-methyl/N-ethyl adjacent to an activating group) is 1. The Hall–Kier alpha value is -3.70. The Morgan fingerprint density at radius 2 is 2.02 bits per heavy atom. The second-order valence-corrected chi connectivity index (χ2v) is 13.3. The highest BCUT2D eigenvalue weighted by molar-refractivity contribution is 6.01. The Balaban J connectivity index is 1.28. The van der Waals surface area contributed by atoms with Gasteiger partial charge in [-0.25, -0.2) is 0 Å². The number of hydrogen-bond donors (Lipinski definition) is 2. The number of piperazine rings is 1. The summed E-state index contributed by atoms with van der Waals surface area (Å²) >= 11 is 0. The van der Waals surface area contributed by atoms with E-state index in [4.69, 9.17) is 9.47 Å². The van der Waals surface area contributed by atoms with Gasteiger partial charge < -0.3 is 19.9 Å². The Kier molecular flexibility index (Phi) is 6.31. The molecule has 3 saturated heterocycles. The van der Waals surface area contributed by atoms with E-state index in [1.165, 1.54) is 15.8 Å². The normalized spacial score (nSPS) is 33.5. The van der Waals surface area contributed by atoms with Crippen LogP contribution in [0.5, 0.6) is 0 Å². The molecule has 1 aliphatic carbocycles. The lowest BCUT2D eigenvalue weighted by Crippen LogP contribution is -2.73. The first-order chi connectivity index (χ1) is 20.5. The number of benzene rings is 1. The van der Waals surface area contributed by atoms with Crippen molar-refractivity contribution in [3.05, 3.63) is 41.6 Å². The van der Waals surface area contributed by atoms with Crippen molar-refractivity contribution in [2.75, 3.05) is 20.1 Å². The summed E-state index contributed by atoms with van der Waals surface area (Å²) in [5.41, 5.74) is 2.70. The van der Waals surface area contributed by atoms with Gasteiger partial charge in [0, 0.05) is 42.1 Å². The summed E-state index contributed by atoms with van der Waals surface area (Å²) in [7, 11) is 2.02. The molecule has 0 bridgehead atoms. The fourth-order valence-electron chi connectivity index (χ4n) is 8.17. The predicted molar refractivity (Wildman–Crippen MR) is 157 cm³/mol. The van der Waals surface area contributed by atoms with Gasteiger partial charge in [0.05, 0.1) is 5.92 Å². The number of fused-ring (bicyclic) bond motifs is 5. The third-order valence-corrected chi connectivity index (χ3v) is 10.2. The molecule has 0 saturated carbocycles. The van der Waals surface area contributed by atoms with Gasteiger partial charge in [0.2, 0.25) is 17.5 Å². The van der Waals surface area contributed by atoms with E-state index in [0.717, 1.165) is 23.1 Å². The van der Waals surface area contributed by atoms with Crippen LogP contribution in [0, 0.1) is 17.8 Å². The van der Waals surface area contributed by atoms with Crippen LogP contribution in [-0.2, 0) is 35.1 Å². The van der Waals surface area contributed by atoms with Gasteiger partial charge in [-0.2, -0.15) is 0 Å². The molecule has 0 unspecified atom stereocenters. The number of H-pyrrole nitrogens is 1. The van der Waals surface area contributed by atoms with E-state index in [2.05, 4.69) is 33.5 Å². The third-order valence-electron chi connectivity index (χ3n) is 10.2. The molecule has 2 N–H and O–H groups in total. The molecular weight excluding hydrogens is 550 g/mol. The number of rotatable bonds is 6.